The predicted molar refractivity (Wildman–Crippen MR) is 112 cm³/mol. The molecule has 8 heteroatoms. The van der Waals surface area contributed by atoms with Gasteiger partial charge in [-0.15, -0.1) is 11.8 Å². The number of rotatable bonds is 10. The van der Waals surface area contributed by atoms with E-state index in [0.717, 1.165) is 35.7 Å². The number of methoxy groups -OCH3 is 1. The molecule has 0 bridgehead atoms. The summed E-state index contributed by atoms with van der Waals surface area (Å²) in [4.78, 5) is 13.6. The number of benzene rings is 2. The average Bonchev–Trinajstić information content (AvgIpc) is 3.26. The Morgan fingerprint density at radius 1 is 1.27 bits per heavy atom. The van der Waals surface area contributed by atoms with Gasteiger partial charge in [-0.2, -0.15) is 8.78 Å². The van der Waals surface area contributed by atoms with Crippen LogP contribution in [0.25, 0.3) is 0 Å². The quantitative estimate of drug-likeness (QED) is 0.553. The van der Waals surface area contributed by atoms with Crippen LogP contribution in [-0.2, 0) is 11.2 Å². The van der Waals surface area contributed by atoms with Gasteiger partial charge < -0.3 is 19.5 Å². The van der Waals surface area contributed by atoms with E-state index in [1.807, 2.05) is 18.2 Å². The Bertz CT molecular complexity index is 844. The molecule has 1 N–H and O–H groups in total. The van der Waals surface area contributed by atoms with Crippen molar-refractivity contribution in [1.82, 2.24) is 5.32 Å². The summed E-state index contributed by atoms with van der Waals surface area (Å²) in [5, 5.41) is 2.90. The second-order valence-corrected chi connectivity index (χ2v) is 7.87. The number of nitrogens with one attached hydrogen (secondary N) is 1. The van der Waals surface area contributed by atoms with Crippen LogP contribution in [0.3, 0.4) is 0 Å². The van der Waals surface area contributed by atoms with Gasteiger partial charge in [-0.1, -0.05) is 18.2 Å². The zero-order valence-electron chi connectivity index (χ0n) is 16.7. The Balaban J connectivity index is 1.56. The summed E-state index contributed by atoms with van der Waals surface area (Å²) < 4.78 is 40.3. The summed E-state index contributed by atoms with van der Waals surface area (Å²) in [5.74, 6) is 0.874. The first-order chi connectivity index (χ1) is 14.6. The zero-order valence-corrected chi connectivity index (χ0v) is 17.6. The summed E-state index contributed by atoms with van der Waals surface area (Å²) in [6.07, 6.45) is 2.86. The van der Waals surface area contributed by atoms with Crippen molar-refractivity contribution in [3.8, 4) is 11.5 Å². The highest BCUT2D eigenvalue weighted by atomic mass is 32.2. The molecule has 0 aliphatic carbocycles. The van der Waals surface area contributed by atoms with Gasteiger partial charge in [0.05, 0.1) is 18.8 Å². The first-order valence-corrected chi connectivity index (χ1v) is 10.8. The fraction of sp³-hybridized carbons (Fsp3) is 0.409. The molecule has 5 nitrogen and oxygen atoms in total. The van der Waals surface area contributed by atoms with E-state index in [4.69, 9.17) is 9.47 Å². The highest BCUT2D eigenvalue weighted by molar-refractivity contribution is 7.99. The minimum absolute atomic E-state index is 0.0211. The van der Waals surface area contributed by atoms with E-state index in [0.29, 0.717) is 18.5 Å². The van der Waals surface area contributed by atoms with Gasteiger partial charge in [0.15, 0.2) is 11.5 Å². The van der Waals surface area contributed by atoms with Crippen LogP contribution in [0.5, 0.6) is 11.5 Å². The number of hydrogen-bond acceptors (Lipinski definition) is 5. The first kappa shape index (κ1) is 22.4. The third kappa shape index (κ3) is 6.34. The van der Waals surface area contributed by atoms with E-state index in [1.54, 1.807) is 30.0 Å². The smallest absolute Gasteiger partial charge is 0.387 e. The van der Waals surface area contributed by atoms with E-state index >= 15 is 0 Å². The molecule has 2 aromatic rings. The maximum absolute atomic E-state index is 12.7. The van der Waals surface area contributed by atoms with Crippen molar-refractivity contribution in [1.29, 1.82) is 0 Å². The van der Waals surface area contributed by atoms with Gasteiger partial charge in [-0.05, 0) is 49.1 Å². The van der Waals surface area contributed by atoms with Crippen LogP contribution in [0.2, 0.25) is 0 Å². The topological polar surface area (TPSA) is 56.8 Å². The average molecular weight is 438 g/mol. The highest BCUT2D eigenvalue weighted by Crippen LogP contribution is 2.30. The largest absolute Gasteiger partial charge is 0.493 e. The molecular formula is C22H25F2NO4S. The summed E-state index contributed by atoms with van der Waals surface area (Å²) in [6.45, 7) is -1.76. The van der Waals surface area contributed by atoms with Gasteiger partial charge in [-0.25, -0.2) is 0 Å². The van der Waals surface area contributed by atoms with Crippen molar-refractivity contribution in [2.45, 2.75) is 36.9 Å². The molecule has 162 valence electrons. The number of thioether (sulfide) groups is 1. The second-order valence-electron chi connectivity index (χ2n) is 6.81. The number of carbonyl (C=O) groups is 1. The van der Waals surface area contributed by atoms with Crippen molar-refractivity contribution < 1.29 is 27.8 Å². The van der Waals surface area contributed by atoms with Gasteiger partial charge in [0, 0.05) is 23.8 Å². The fourth-order valence-corrected chi connectivity index (χ4v) is 4.34. The third-order valence-electron chi connectivity index (χ3n) is 4.72. The van der Waals surface area contributed by atoms with Crippen molar-refractivity contribution in [3.05, 3.63) is 53.6 Å². The van der Waals surface area contributed by atoms with Crippen LogP contribution < -0.4 is 14.8 Å². The Morgan fingerprint density at radius 3 is 2.83 bits per heavy atom. The summed E-state index contributed by atoms with van der Waals surface area (Å²) in [5.41, 5.74) is 1.38. The molecular weight excluding hydrogens is 412 g/mol. The van der Waals surface area contributed by atoms with Crippen LogP contribution in [0.15, 0.2) is 47.4 Å². The highest BCUT2D eigenvalue weighted by Gasteiger charge is 2.18. The van der Waals surface area contributed by atoms with Gasteiger partial charge >= 0.3 is 6.61 Å². The van der Waals surface area contributed by atoms with Crippen molar-refractivity contribution in [2.75, 3.05) is 26.0 Å². The van der Waals surface area contributed by atoms with Crippen molar-refractivity contribution in [2.24, 2.45) is 0 Å². The molecule has 1 fully saturated rings. The second kappa shape index (κ2) is 11.2. The van der Waals surface area contributed by atoms with E-state index in [2.05, 4.69) is 10.1 Å². The van der Waals surface area contributed by atoms with Crippen molar-refractivity contribution in [3.63, 3.8) is 0 Å². The molecule has 0 spiro atoms. The number of alkyl halides is 2. The lowest BCUT2D eigenvalue weighted by atomic mass is 10.1. The van der Waals surface area contributed by atoms with Crippen LogP contribution in [0, 0.1) is 0 Å². The summed E-state index contributed by atoms with van der Waals surface area (Å²) in [6, 6.07) is 12.3. The van der Waals surface area contributed by atoms with Crippen LogP contribution in [0.1, 0.15) is 28.8 Å². The van der Waals surface area contributed by atoms with Crippen molar-refractivity contribution >= 4 is 17.7 Å². The molecule has 1 atom stereocenters. The number of hydrogen-bond donors (Lipinski definition) is 1. The lowest BCUT2D eigenvalue weighted by Gasteiger charge is -2.13. The number of halogens is 2. The molecule has 1 heterocycles. The maximum Gasteiger partial charge on any atom is 0.387 e. The van der Waals surface area contributed by atoms with Gasteiger partial charge in [0.1, 0.15) is 0 Å². The maximum atomic E-state index is 12.7. The molecule has 30 heavy (non-hydrogen) atoms. The fourth-order valence-electron chi connectivity index (χ4n) is 3.22. The Kier molecular flexibility index (Phi) is 8.33. The Hall–Kier alpha value is -2.32. The molecule has 1 unspecified atom stereocenters. The Morgan fingerprint density at radius 2 is 2.10 bits per heavy atom. The lowest BCUT2D eigenvalue weighted by Crippen LogP contribution is -2.26. The van der Waals surface area contributed by atoms with E-state index in [-0.39, 0.29) is 23.5 Å². The molecule has 3 rings (SSSR count). The zero-order chi connectivity index (χ0) is 21.3. The van der Waals surface area contributed by atoms with Crippen LogP contribution in [-0.4, -0.2) is 44.6 Å². The third-order valence-corrected chi connectivity index (χ3v) is 5.93. The SMILES string of the molecule is COc1ccc(CCNC(=O)c2ccccc2SCC2CCCO2)cc1OC(F)F. The summed E-state index contributed by atoms with van der Waals surface area (Å²) in [7, 11) is 1.39. The standard InChI is InChI=1S/C22H25F2NO4S/c1-27-18-9-8-15(13-19(18)29-22(23)24)10-11-25-21(26)17-6-2-3-7-20(17)30-14-16-5-4-12-28-16/h2-3,6-9,13,16,22H,4-5,10-12,14H2,1H3,(H,25,26). The number of carbonyl (C=O) groups excluding carboxylic acids is 1. The number of ether oxygens (including phenoxy) is 3. The van der Waals surface area contributed by atoms with E-state index in [1.165, 1.54) is 13.2 Å². The van der Waals surface area contributed by atoms with Gasteiger partial charge in [0.2, 0.25) is 0 Å². The molecule has 1 aliphatic rings. The molecule has 0 radical (unpaired) electrons. The molecule has 1 aliphatic heterocycles. The first-order valence-electron chi connectivity index (χ1n) is 9.80. The molecule has 0 aromatic heterocycles. The number of amides is 1. The minimum atomic E-state index is -2.93. The molecule has 2 aromatic carbocycles. The van der Waals surface area contributed by atoms with Crippen LogP contribution in [0.4, 0.5) is 8.78 Å². The monoisotopic (exact) mass is 437 g/mol. The normalized spacial score (nSPS) is 15.9. The summed E-state index contributed by atoms with van der Waals surface area (Å²) >= 11 is 1.63. The van der Waals surface area contributed by atoms with E-state index < -0.39 is 6.61 Å². The van der Waals surface area contributed by atoms with Gasteiger partial charge in [0.25, 0.3) is 5.91 Å². The van der Waals surface area contributed by atoms with E-state index in [9.17, 15) is 13.6 Å². The predicted octanol–water partition coefficient (Wildman–Crippen LogP) is 4.54. The van der Waals surface area contributed by atoms with Gasteiger partial charge in [-0.3, -0.25) is 4.79 Å². The lowest BCUT2D eigenvalue weighted by molar-refractivity contribution is -0.0512. The minimum Gasteiger partial charge on any atom is -0.493 e. The molecule has 0 saturated carbocycles. The molecule has 1 amide bonds. The molecule has 1 saturated heterocycles. The Labute approximate surface area is 179 Å². The van der Waals surface area contributed by atoms with Crippen LogP contribution >= 0.6 is 11.8 Å².